The fraction of sp³-hybridized carbons (Fsp3) is 0.250. The summed E-state index contributed by atoms with van der Waals surface area (Å²) in [4.78, 5) is 0. The molecule has 1 atom stereocenters. The molecule has 0 heterocycles. The lowest BCUT2D eigenvalue weighted by molar-refractivity contribution is 0.548. The summed E-state index contributed by atoms with van der Waals surface area (Å²) in [5.41, 5.74) is 2.15. The molecule has 0 aliphatic rings. The Balaban J connectivity index is 2.30. The van der Waals surface area contributed by atoms with Crippen molar-refractivity contribution in [3.8, 4) is 0 Å². The van der Waals surface area contributed by atoms with Gasteiger partial charge in [-0.05, 0) is 67.4 Å². The van der Waals surface area contributed by atoms with Crippen molar-refractivity contribution in [1.82, 2.24) is 5.32 Å². The molecule has 1 unspecified atom stereocenters. The van der Waals surface area contributed by atoms with Crippen molar-refractivity contribution in [1.29, 1.82) is 0 Å². The number of aryl methyl sites for hydroxylation is 1. The van der Waals surface area contributed by atoms with Gasteiger partial charge in [0.1, 0.15) is 11.6 Å². The van der Waals surface area contributed by atoms with E-state index in [0.29, 0.717) is 17.0 Å². The highest BCUT2D eigenvalue weighted by Crippen LogP contribution is 2.23. The van der Waals surface area contributed by atoms with E-state index in [-0.39, 0.29) is 17.7 Å². The zero-order chi connectivity index (χ0) is 14.7. The Kier molecular flexibility index (Phi) is 4.73. The van der Waals surface area contributed by atoms with Gasteiger partial charge >= 0.3 is 0 Å². The van der Waals surface area contributed by atoms with Crippen molar-refractivity contribution in [3.05, 3.63) is 69.7 Å². The smallest absolute Gasteiger partial charge is 0.126 e. The summed E-state index contributed by atoms with van der Waals surface area (Å²) in [5, 5.41) is 3.58. The average Bonchev–Trinajstić information content (AvgIpc) is 2.38. The van der Waals surface area contributed by atoms with Gasteiger partial charge < -0.3 is 5.32 Å². The van der Waals surface area contributed by atoms with Gasteiger partial charge in [0.05, 0.1) is 0 Å². The molecule has 1 nitrogen and oxygen atoms in total. The van der Waals surface area contributed by atoms with Crippen LogP contribution in [0.15, 0.2) is 36.4 Å². The average molecular weight is 296 g/mol. The van der Waals surface area contributed by atoms with E-state index in [9.17, 15) is 8.78 Å². The van der Waals surface area contributed by atoms with Crippen LogP contribution in [0.5, 0.6) is 0 Å². The third-order valence-electron chi connectivity index (χ3n) is 3.25. The molecule has 0 bridgehead atoms. The number of rotatable bonds is 4. The summed E-state index contributed by atoms with van der Waals surface area (Å²) in [6, 6.07) is 9.13. The van der Waals surface area contributed by atoms with Crippen LogP contribution >= 0.6 is 11.6 Å². The van der Waals surface area contributed by atoms with Crippen molar-refractivity contribution in [2.24, 2.45) is 0 Å². The summed E-state index contributed by atoms with van der Waals surface area (Å²) in [6.45, 7) is 1.83. The number of halogens is 3. The molecular formula is C16H16ClF2N. The molecule has 2 aromatic rings. The second-order valence-corrected chi connectivity index (χ2v) is 5.28. The van der Waals surface area contributed by atoms with E-state index in [1.165, 1.54) is 24.3 Å². The number of hydrogen-bond donors (Lipinski definition) is 1. The van der Waals surface area contributed by atoms with Crippen molar-refractivity contribution in [2.75, 3.05) is 7.05 Å². The van der Waals surface area contributed by atoms with Crippen LogP contribution in [-0.2, 0) is 6.42 Å². The molecule has 0 aliphatic carbocycles. The highest BCUT2D eigenvalue weighted by Gasteiger charge is 2.14. The molecule has 0 fully saturated rings. The normalized spacial score (nSPS) is 12.4. The Labute approximate surface area is 122 Å². The topological polar surface area (TPSA) is 12.0 Å². The van der Waals surface area contributed by atoms with Gasteiger partial charge in [-0.3, -0.25) is 0 Å². The van der Waals surface area contributed by atoms with Gasteiger partial charge in [-0.25, -0.2) is 8.78 Å². The lowest BCUT2D eigenvalue weighted by Gasteiger charge is -2.18. The Morgan fingerprint density at radius 2 is 1.90 bits per heavy atom. The van der Waals surface area contributed by atoms with Crippen LogP contribution in [0.3, 0.4) is 0 Å². The van der Waals surface area contributed by atoms with Crippen LogP contribution in [0.25, 0.3) is 0 Å². The Morgan fingerprint density at radius 1 is 1.15 bits per heavy atom. The van der Waals surface area contributed by atoms with E-state index in [0.717, 1.165) is 11.1 Å². The quantitative estimate of drug-likeness (QED) is 0.880. The fourth-order valence-electron chi connectivity index (χ4n) is 2.27. The molecule has 0 aliphatic heterocycles. The van der Waals surface area contributed by atoms with E-state index in [1.54, 1.807) is 13.1 Å². The summed E-state index contributed by atoms with van der Waals surface area (Å²) in [6.07, 6.45) is 0.409. The molecule has 0 aromatic heterocycles. The van der Waals surface area contributed by atoms with Crippen LogP contribution < -0.4 is 5.32 Å². The van der Waals surface area contributed by atoms with Crippen LogP contribution in [0.4, 0.5) is 8.78 Å². The number of benzene rings is 2. The Morgan fingerprint density at radius 3 is 2.55 bits per heavy atom. The predicted octanol–water partition coefficient (Wildman–Crippen LogP) is 4.43. The third-order valence-corrected chi connectivity index (χ3v) is 3.48. The van der Waals surface area contributed by atoms with Crippen molar-refractivity contribution in [3.63, 3.8) is 0 Å². The van der Waals surface area contributed by atoms with Crippen molar-refractivity contribution >= 4 is 11.6 Å². The maximum atomic E-state index is 13.8. The first kappa shape index (κ1) is 14.9. The van der Waals surface area contributed by atoms with Crippen molar-refractivity contribution < 1.29 is 8.78 Å². The van der Waals surface area contributed by atoms with Gasteiger partial charge in [0.2, 0.25) is 0 Å². The SMILES string of the molecule is CNC(Cc1cc(Cl)ccc1F)c1cc(C)cc(F)c1. The molecule has 0 amide bonds. The van der Waals surface area contributed by atoms with E-state index >= 15 is 0 Å². The Bertz CT molecular complexity index is 593. The summed E-state index contributed by atoms with van der Waals surface area (Å²) in [5.74, 6) is -0.588. The minimum Gasteiger partial charge on any atom is -0.313 e. The van der Waals surface area contributed by atoms with E-state index in [4.69, 9.17) is 11.6 Å². The second kappa shape index (κ2) is 6.33. The highest BCUT2D eigenvalue weighted by molar-refractivity contribution is 6.30. The van der Waals surface area contributed by atoms with Crippen LogP contribution in [0, 0.1) is 18.6 Å². The zero-order valence-electron chi connectivity index (χ0n) is 11.4. The monoisotopic (exact) mass is 295 g/mol. The summed E-state index contributed by atoms with van der Waals surface area (Å²) < 4.78 is 27.3. The van der Waals surface area contributed by atoms with Gasteiger partial charge in [-0.1, -0.05) is 17.7 Å². The van der Waals surface area contributed by atoms with Gasteiger partial charge in [0, 0.05) is 11.1 Å². The third kappa shape index (κ3) is 3.56. The molecule has 106 valence electrons. The largest absolute Gasteiger partial charge is 0.313 e. The molecule has 4 heteroatoms. The molecule has 0 radical (unpaired) electrons. The van der Waals surface area contributed by atoms with E-state index in [2.05, 4.69) is 5.32 Å². The minimum absolute atomic E-state index is 0.169. The Hall–Kier alpha value is -1.45. The fourth-order valence-corrected chi connectivity index (χ4v) is 2.47. The first-order chi connectivity index (χ1) is 9.49. The summed E-state index contributed by atoms with van der Waals surface area (Å²) in [7, 11) is 1.77. The first-order valence-corrected chi connectivity index (χ1v) is 6.75. The van der Waals surface area contributed by atoms with Crippen LogP contribution in [0.2, 0.25) is 5.02 Å². The maximum Gasteiger partial charge on any atom is 0.126 e. The molecule has 20 heavy (non-hydrogen) atoms. The molecule has 0 saturated heterocycles. The van der Waals surface area contributed by atoms with Gasteiger partial charge in [0.15, 0.2) is 0 Å². The molecule has 0 spiro atoms. The highest BCUT2D eigenvalue weighted by atomic mass is 35.5. The lowest BCUT2D eigenvalue weighted by Crippen LogP contribution is -2.19. The summed E-state index contributed by atoms with van der Waals surface area (Å²) >= 11 is 5.89. The van der Waals surface area contributed by atoms with Gasteiger partial charge in [-0.15, -0.1) is 0 Å². The standard InChI is InChI=1S/C16H16ClF2N/c1-10-5-12(8-14(18)6-10)16(20-2)9-11-7-13(17)3-4-15(11)19/h3-8,16,20H,9H2,1-2H3. The molecule has 2 aromatic carbocycles. The maximum absolute atomic E-state index is 13.8. The molecule has 2 rings (SSSR count). The predicted molar refractivity (Wildman–Crippen MR) is 78.1 cm³/mol. The van der Waals surface area contributed by atoms with E-state index < -0.39 is 0 Å². The number of likely N-dealkylation sites (N-methyl/N-ethyl adjacent to an activating group) is 1. The van der Waals surface area contributed by atoms with E-state index in [1.807, 2.05) is 13.0 Å². The minimum atomic E-state index is -0.303. The first-order valence-electron chi connectivity index (χ1n) is 6.38. The van der Waals surface area contributed by atoms with Crippen molar-refractivity contribution in [2.45, 2.75) is 19.4 Å². The zero-order valence-corrected chi connectivity index (χ0v) is 12.1. The molecule has 1 N–H and O–H groups in total. The lowest BCUT2D eigenvalue weighted by atomic mass is 9.97. The van der Waals surface area contributed by atoms with Crippen LogP contribution in [0.1, 0.15) is 22.7 Å². The number of hydrogen-bond acceptors (Lipinski definition) is 1. The molecule has 0 saturated carbocycles. The second-order valence-electron chi connectivity index (χ2n) is 4.84. The number of nitrogens with one attached hydrogen (secondary N) is 1. The molecular weight excluding hydrogens is 280 g/mol. The van der Waals surface area contributed by atoms with Gasteiger partial charge in [0.25, 0.3) is 0 Å². The van der Waals surface area contributed by atoms with Crippen LogP contribution in [-0.4, -0.2) is 7.05 Å². The van der Waals surface area contributed by atoms with Gasteiger partial charge in [-0.2, -0.15) is 0 Å².